The van der Waals surface area contributed by atoms with Crippen molar-refractivity contribution < 1.29 is 96.3 Å². The first-order chi connectivity index (χ1) is 29.0. The predicted octanol–water partition coefficient (Wildman–Crippen LogP) is 2.71. The van der Waals surface area contributed by atoms with Crippen molar-refractivity contribution in [2.45, 2.75) is 90.9 Å². The largest absolute Gasteiger partial charge is 4.00 e. The SMILES string of the molecule is C[C@]1(CC(=O)O)C(CCC(=O)O)=C2/C=c3\[n-]/c(c(CCC(=O)O)c3CC(=O)O)=C\c3[n-]c(c(CC(=O)O)c3CCC(=O)O)/C=C3\[N-]C(=C(CCC(=O)O)[C@]3(C)CC(=O)O)/C=C/1[N-]2.[Fe+4]. The molecule has 8 N–H and O–H groups in total. The summed E-state index contributed by atoms with van der Waals surface area (Å²) in [7, 11) is 0. The molecule has 63 heavy (non-hydrogen) atoms. The number of carboxylic acids is 8. The van der Waals surface area contributed by atoms with Crippen LogP contribution in [0.5, 0.6) is 0 Å². The second kappa shape index (κ2) is 19.5. The minimum absolute atomic E-state index is 0. The van der Waals surface area contributed by atoms with E-state index in [2.05, 4.69) is 9.97 Å². The fourth-order valence-electron chi connectivity index (χ4n) is 8.27. The zero-order valence-electron chi connectivity index (χ0n) is 33.8. The fraction of sp³-hybridized carbons (Fsp3) is 0.381. The molecule has 2 aromatic heterocycles. The summed E-state index contributed by atoms with van der Waals surface area (Å²) < 4.78 is 0. The van der Waals surface area contributed by atoms with E-state index in [1.165, 1.54) is 38.2 Å². The van der Waals surface area contributed by atoms with Gasteiger partial charge in [0.2, 0.25) is 0 Å². The Morgan fingerprint density at radius 2 is 0.841 bits per heavy atom. The summed E-state index contributed by atoms with van der Waals surface area (Å²) in [5.41, 5.74) is -2.71. The van der Waals surface area contributed by atoms with Crippen LogP contribution < -0.4 is 20.7 Å². The summed E-state index contributed by atoms with van der Waals surface area (Å²) in [4.78, 5) is 107. The topological polar surface area (TPSA) is 355 Å². The van der Waals surface area contributed by atoms with Crippen molar-refractivity contribution in [2.24, 2.45) is 10.8 Å². The number of hydrogen-bond acceptors (Lipinski definition) is 8. The third-order valence-corrected chi connectivity index (χ3v) is 11.1. The molecule has 5 rings (SSSR count). The van der Waals surface area contributed by atoms with Gasteiger partial charge in [0.05, 0.1) is 25.7 Å². The van der Waals surface area contributed by atoms with Crippen LogP contribution >= 0.6 is 0 Å². The van der Waals surface area contributed by atoms with Crippen LogP contribution in [0.15, 0.2) is 40.0 Å². The molecule has 21 heteroatoms. The van der Waals surface area contributed by atoms with Crippen LogP contribution in [-0.4, -0.2) is 88.6 Å². The molecule has 2 aromatic rings. The predicted molar refractivity (Wildman–Crippen MR) is 213 cm³/mol. The molecule has 0 spiro atoms. The number of fused-ring (bicyclic) bond motifs is 8. The molecule has 0 saturated carbocycles. The standard InChI is InChI=1S/C42H42N4O16.Fe/c1-41(17-39(59)60)23(5-9-35(51)52)29-14-27-21(11-37(55)56)19(3-7-33(47)48)25(43-27)13-26-20(4-8-34(49)50)22(12-38(57)58)28(44-26)15-31-42(2,18-40(61)62)24(6-10-36(53)54)30(46-31)16-32(41)45-29;/h13-16H,3-12,17-18H2,1-2H3,(H,47,48)(H,49,50)(H,51,52)(H,53,54)(H,55,56)(H,57,58)(H,59,60)(H,61,62);/q-4;+4/b25-13-,27-14-,31-15-,32-16-;/t41-,42-;/m0./s1. The first-order valence-corrected chi connectivity index (χ1v) is 19.2. The van der Waals surface area contributed by atoms with E-state index in [-0.39, 0.29) is 121 Å². The van der Waals surface area contributed by atoms with E-state index in [0.29, 0.717) is 0 Å². The van der Waals surface area contributed by atoms with Gasteiger partial charge in [0.25, 0.3) is 0 Å². The number of carboxylic acid groups (broad SMARTS) is 8. The van der Waals surface area contributed by atoms with E-state index >= 15 is 0 Å². The summed E-state index contributed by atoms with van der Waals surface area (Å²) >= 11 is 0. The van der Waals surface area contributed by atoms with E-state index in [4.69, 9.17) is 10.6 Å². The maximum atomic E-state index is 12.6. The van der Waals surface area contributed by atoms with Crippen LogP contribution in [-0.2, 0) is 81.1 Å². The average Bonchev–Trinajstić information content (AvgIpc) is 3.77. The molecule has 0 aliphatic carbocycles. The van der Waals surface area contributed by atoms with E-state index in [1.807, 2.05) is 0 Å². The molecular formula is C42H42FeN4O16. The minimum Gasteiger partial charge on any atom is -0.661 e. The second-order valence-corrected chi connectivity index (χ2v) is 15.5. The van der Waals surface area contributed by atoms with Gasteiger partial charge in [0.1, 0.15) is 0 Å². The molecule has 3 aliphatic rings. The molecule has 8 bridgehead atoms. The Kier molecular flexibility index (Phi) is 15.1. The van der Waals surface area contributed by atoms with Crippen LogP contribution in [0.25, 0.3) is 28.9 Å². The van der Waals surface area contributed by atoms with Gasteiger partial charge in [-0.05, 0) is 36.8 Å². The van der Waals surface area contributed by atoms with Crippen LogP contribution in [0.4, 0.5) is 0 Å². The third kappa shape index (κ3) is 11.0. The van der Waals surface area contributed by atoms with Gasteiger partial charge in [-0.15, -0.1) is 33.5 Å². The normalized spacial score (nSPS) is 21.5. The quantitative estimate of drug-likeness (QED) is 0.0885. The first-order valence-electron chi connectivity index (χ1n) is 19.2. The molecule has 0 unspecified atom stereocenters. The zero-order valence-corrected chi connectivity index (χ0v) is 34.9. The van der Waals surface area contributed by atoms with E-state index < -0.39 is 110 Å². The number of aliphatic carboxylic acids is 8. The monoisotopic (exact) mass is 914 g/mol. The van der Waals surface area contributed by atoms with Gasteiger partial charge in [0.15, 0.2) is 0 Å². The summed E-state index contributed by atoms with van der Waals surface area (Å²) in [6.07, 6.45) is -0.609. The van der Waals surface area contributed by atoms with Crippen molar-refractivity contribution in [1.82, 2.24) is 9.97 Å². The molecule has 334 valence electrons. The number of allylic oxidation sites excluding steroid dienone is 4. The molecule has 20 nitrogen and oxygen atoms in total. The third-order valence-electron chi connectivity index (χ3n) is 11.1. The molecule has 0 aromatic carbocycles. The number of rotatable bonds is 20. The molecule has 0 fully saturated rings. The van der Waals surface area contributed by atoms with Crippen LogP contribution in [0.2, 0.25) is 0 Å². The Balaban J connectivity index is 0.00000871. The van der Waals surface area contributed by atoms with Gasteiger partial charge < -0.3 is 61.5 Å². The molecule has 5 heterocycles. The number of hydrogen-bond donors (Lipinski definition) is 8. The second-order valence-electron chi connectivity index (χ2n) is 15.5. The Morgan fingerprint density at radius 1 is 0.444 bits per heavy atom. The molecule has 2 atom stereocenters. The fourth-order valence-corrected chi connectivity index (χ4v) is 8.27. The van der Waals surface area contributed by atoms with E-state index in [1.54, 1.807) is 0 Å². The van der Waals surface area contributed by atoms with Gasteiger partial charge in [-0.25, -0.2) is 0 Å². The summed E-state index contributed by atoms with van der Waals surface area (Å²) in [5, 5.41) is 88.9. The van der Waals surface area contributed by atoms with Crippen LogP contribution in [0, 0.1) is 10.8 Å². The Labute approximate surface area is 368 Å². The van der Waals surface area contributed by atoms with Crippen molar-refractivity contribution in [3.8, 4) is 0 Å². The Hall–Kier alpha value is -6.86. The van der Waals surface area contributed by atoms with E-state index in [9.17, 15) is 79.2 Å². The van der Waals surface area contributed by atoms with Crippen molar-refractivity contribution >= 4 is 66.0 Å². The number of nitrogens with zero attached hydrogens (tertiary/aromatic N) is 4. The van der Waals surface area contributed by atoms with Gasteiger partial charge in [-0.1, -0.05) is 60.4 Å². The number of carbonyl (C=O) groups is 8. The van der Waals surface area contributed by atoms with Crippen molar-refractivity contribution in [3.63, 3.8) is 0 Å². The van der Waals surface area contributed by atoms with Crippen molar-refractivity contribution in [3.05, 3.63) is 95.0 Å². The molecule has 0 radical (unpaired) electrons. The summed E-state index contributed by atoms with van der Waals surface area (Å²) in [5.74, 6) is -10.4. The molecule has 0 saturated heterocycles. The van der Waals surface area contributed by atoms with E-state index in [0.717, 1.165) is 0 Å². The van der Waals surface area contributed by atoms with Crippen LogP contribution in [0.1, 0.15) is 98.9 Å². The molecule has 3 aliphatic heterocycles. The molecule has 0 amide bonds. The summed E-state index contributed by atoms with van der Waals surface area (Å²) in [6, 6.07) is 0. The first kappa shape index (κ1) is 48.8. The maximum Gasteiger partial charge on any atom is 4.00 e. The van der Waals surface area contributed by atoms with Gasteiger partial charge >= 0.3 is 64.8 Å². The van der Waals surface area contributed by atoms with Gasteiger partial charge in [-0.2, -0.15) is 11.4 Å². The molecular weight excluding hydrogens is 872 g/mol. The minimum atomic E-state index is -1.61. The number of aromatic nitrogens is 2. The zero-order chi connectivity index (χ0) is 45.8. The Morgan fingerprint density at radius 3 is 1.30 bits per heavy atom. The Bertz CT molecular complexity index is 2560. The van der Waals surface area contributed by atoms with Crippen molar-refractivity contribution in [2.75, 3.05) is 0 Å². The average molecular weight is 915 g/mol. The van der Waals surface area contributed by atoms with Crippen LogP contribution in [0.3, 0.4) is 0 Å². The maximum absolute atomic E-state index is 12.6. The summed E-state index contributed by atoms with van der Waals surface area (Å²) in [6.45, 7) is 2.97. The van der Waals surface area contributed by atoms with Gasteiger partial charge in [-0.3, -0.25) is 38.4 Å². The van der Waals surface area contributed by atoms with Crippen molar-refractivity contribution in [1.29, 1.82) is 0 Å². The van der Waals surface area contributed by atoms with Gasteiger partial charge in [0, 0.05) is 36.5 Å². The smallest absolute Gasteiger partial charge is 0.661 e.